The number of nitrogens with zero attached hydrogens (tertiary/aromatic N) is 1. The molecule has 2 aromatic heterocycles. The predicted octanol–water partition coefficient (Wildman–Crippen LogP) is 7.82. The highest BCUT2D eigenvalue weighted by atomic mass is 16.3. The highest BCUT2D eigenvalue weighted by Gasteiger charge is 2.28. The summed E-state index contributed by atoms with van der Waals surface area (Å²) in [6.07, 6.45) is 0. The summed E-state index contributed by atoms with van der Waals surface area (Å²) < 4.78 is 8.83. The molecule has 0 unspecified atom stereocenters. The van der Waals surface area contributed by atoms with Crippen molar-refractivity contribution in [1.29, 1.82) is 0 Å². The molecule has 0 fully saturated rings. The van der Waals surface area contributed by atoms with Gasteiger partial charge in [-0.3, -0.25) is 0 Å². The molecule has 0 aliphatic rings. The summed E-state index contributed by atoms with van der Waals surface area (Å²) in [5, 5.41) is 6.12. The molecule has 0 bridgehead atoms. The molecule has 0 N–H and O–H groups in total. The van der Waals surface area contributed by atoms with Crippen LogP contribution in [0.25, 0.3) is 54.9 Å². The van der Waals surface area contributed by atoms with Crippen molar-refractivity contribution in [2.45, 2.75) is 26.7 Å². The largest absolute Gasteiger partial charge is 0.455 e. The highest BCUT2D eigenvalue weighted by molar-refractivity contribution is 6.19. The van der Waals surface area contributed by atoms with Crippen LogP contribution in [0.2, 0.25) is 0 Å². The number of benzene rings is 4. The fourth-order valence-corrected chi connectivity index (χ4v) is 5.35. The molecule has 0 aliphatic heterocycles. The molecular formula is C30H26NO+. The lowest BCUT2D eigenvalue weighted by Gasteiger charge is -2.17. The zero-order chi connectivity index (χ0) is 22.0. The van der Waals surface area contributed by atoms with E-state index >= 15 is 0 Å². The average Bonchev–Trinajstić information content (AvgIpc) is 3.19. The van der Waals surface area contributed by atoms with Gasteiger partial charge in [0, 0.05) is 11.5 Å². The third kappa shape index (κ3) is 2.56. The van der Waals surface area contributed by atoms with Crippen molar-refractivity contribution in [2.75, 3.05) is 0 Å². The summed E-state index contributed by atoms with van der Waals surface area (Å²) in [6.45, 7) is 6.80. The Bertz CT molecular complexity index is 1670. The summed E-state index contributed by atoms with van der Waals surface area (Å²) in [4.78, 5) is 0. The molecule has 6 aromatic rings. The Balaban J connectivity index is 1.90. The fraction of sp³-hybridized carbons (Fsp3) is 0.167. The maximum absolute atomic E-state index is 6.48. The van der Waals surface area contributed by atoms with Crippen LogP contribution in [0.3, 0.4) is 0 Å². The number of aromatic nitrogens is 1. The molecule has 156 valence electrons. The zero-order valence-electron chi connectivity index (χ0n) is 18.9. The number of para-hydroxylation sites is 2. The topological polar surface area (TPSA) is 17.0 Å². The maximum Gasteiger partial charge on any atom is 0.225 e. The molecule has 4 aromatic carbocycles. The second kappa shape index (κ2) is 6.93. The highest BCUT2D eigenvalue weighted by Crippen LogP contribution is 2.42. The van der Waals surface area contributed by atoms with Crippen molar-refractivity contribution in [3.63, 3.8) is 0 Å². The Morgan fingerprint density at radius 2 is 1.38 bits per heavy atom. The summed E-state index contributed by atoms with van der Waals surface area (Å²) in [5.41, 5.74) is 8.27. The van der Waals surface area contributed by atoms with Gasteiger partial charge < -0.3 is 4.42 Å². The van der Waals surface area contributed by atoms with Gasteiger partial charge >= 0.3 is 0 Å². The van der Waals surface area contributed by atoms with Gasteiger partial charge in [-0.2, -0.15) is 4.57 Å². The van der Waals surface area contributed by atoms with Crippen LogP contribution in [0, 0.1) is 6.92 Å². The molecule has 0 aliphatic carbocycles. The van der Waals surface area contributed by atoms with E-state index < -0.39 is 0 Å². The first-order valence-corrected chi connectivity index (χ1v) is 11.3. The van der Waals surface area contributed by atoms with E-state index in [4.69, 9.17) is 4.42 Å². The summed E-state index contributed by atoms with van der Waals surface area (Å²) in [7, 11) is 2.18. The van der Waals surface area contributed by atoms with Crippen molar-refractivity contribution in [1.82, 2.24) is 0 Å². The van der Waals surface area contributed by atoms with E-state index in [1.54, 1.807) is 0 Å². The minimum absolute atomic E-state index is 0.466. The molecular weight excluding hydrogens is 390 g/mol. The number of hydrogen-bond acceptors (Lipinski definition) is 1. The van der Waals surface area contributed by atoms with E-state index in [-0.39, 0.29) is 0 Å². The van der Waals surface area contributed by atoms with Crippen molar-refractivity contribution < 1.29 is 8.98 Å². The molecule has 0 saturated carbocycles. The van der Waals surface area contributed by atoms with Crippen molar-refractivity contribution in [3.05, 3.63) is 90.0 Å². The standard InChI is InChI=1S/C30H26NO/c1-18(2)24-17-19(3)27(21-12-6-5-11-20(21)24)29-28-23-14-8-10-16-26(23)32-30(28)22-13-7-9-15-25(22)31(29)4/h5-18H,1-4H3/q+1. The number of furan rings is 1. The molecule has 2 heterocycles. The number of fused-ring (bicyclic) bond motifs is 6. The van der Waals surface area contributed by atoms with Crippen LogP contribution < -0.4 is 4.57 Å². The molecule has 32 heavy (non-hydrogen) atoms. The maximum atomic E-state index is 6.48. The zero-order valence-corrected chi connectivity index (χ0v) is 18.9. The third-order valence-electron chi connectivity index (χ3n) is 6.81. The van der Waals surface area contributed by atoms with E-state index in [1.807, 2.05) is 6.07 Å². The van der Waals surface area contributed by atoms with Gasteiger partial charge in [0.05, 0.1) is 10.9 Å². The SMILES string of the molecule is Cc1cc(C(C)C)c2ccccc2c1-c1c2c3ccccc3oc2c2ccccc2[n+]1C. The lowest BCUT2D eigenvalue weighted by molar-refractivity contribution is -0.632. The molecule has 0 atom stereocenters. The second-order valence-corrected chi connectivity index (χ2v) is 9.09. The van der Waals surface area contributed by atoms with Crippen molar-refractivity contribution in [3.8, 4) is 11.3 Å². The van der Waals surface area contributed by atoms with Gasteiger partial charge in [0.2, 0.25) is 11.2 Å². The monoisotopic (exact) mass is 416 g/mol. The van der Waals surface area contributed by atoms with E-state index in [1.165, 1.54) is 44.1 Å². The van der Waals surface area contributed by atoms with E-state index in [0.717, 1.165) is 21.9 Å². The van der Waals surface area contributed by atoms with Crippen molar-refractivity contribution >= 4 is 43.6 Å². The summed E-state index contributed by atoms with van der Waals surface area (Å²) in [6, 6.07) is 28.2. The average molecular weight is 417 g/mol. The number of pyridine rings is 1. The van der Waals surface area contributed by atoms with Crippen LogP contribution in [0.4, 0.5) is 0 Å². The second-order valence-electron chi connectivity index (χ2n) is 9.09. The molecule has 0 saturated heterocycles. The van der Waals surface area contributed by atoms with E-state index in [9.17, 15) is 0 Å². The lowest BCUT2D eigenvalue weighted by Crippen LogP contribution is -2.32. The molecule has 2 heteroatoms. The van der Waals surface area contributed by atoms with Gasteiger partial charge in [-0.25, -0.2) is 0 Å². The Labute approximate surface area is 187 Å². The number of aryl methyl sites for hydroxylation is 2. The van der Waals surface area contributed by atoms with Crippen LogP contribution in [0.1, 0.15) is 30.9 Å². The Kier molecular flexibility index (Phi) is 4.13. The molecule has 0 amide bonds. The van der Waals surface area contributed by atoms with Gasteiger partial charge in [-0.1, -0.05) is 74.5 Å². The van der Waals surface area contributed by atoms with Crippen LogP contribution in [-0.4, -0.2) is 0 Å². The quantitative estimate of drug-likeness (QED) is 0.263. The minimum atomic E-state index is 0.466. The Morgan fingerprint density at radius 3 is 2.12 bits per heavy atom. The van der Waals surface area contributed by atoms with Crippen LogP contribution in [0.15, 0.2) is 83.3 Å². The van der Waals surface area contributed by atoms with Gasteiger partial charge in [0.15, 0.2) is 5.58 Å². The van der Waals surface area contributed by atoms with Crippen molar-refractivity contribution in [2.24, 2.45) is 7.05 Å². The van der Waals surface area contributed by atoms with Gasteiger partial charge in [0.25, 0.3) is 0 Å². The fourth-order valence-electron chi connectivity index (χ4n) is 5.35. The molecule has 0 radical (unpaired) electrons. The number of hydrogen-bond donors (Lipinski definition) is 0. The molecule has 2 nitrogen and oxygen atoms in total. The van der Waals surface area contributed by atoms with E-state index in [2.05, 4.69) is 105 Å². The third-order valence-corrected chi connectivity index (χ3v) is 6.81. The normalized spacial score (nSPS) is 12.0. The van der Waals surface area contributed by atoms with Gasteiger partial charge in [-0.05, 0) is 46.9 Å². The first-order chi connectivity index (χ1) is 15.6. The predicted molar refractivity (Wildman–Crippen MR) is 134 cm³/mol. The summed E-state index contributed by atoms with van der Waals surface area (Å²) >= 11 is 0. The Morgan fingerprint density at radius 1 is 0.750 bits per heavy atom. The van der Waals surface area contributed by atoms with Gasteiger partial charge in [0.1, 0.15) is 18.0 Å². The minimum Gasteiger partial charge on any atom is -0.455 e. The van der Waals surface area contributed by atoms with Gasteiger partial charge in [-0.15, -0.1) is 0 Å². The van der Waals surface area contributed by atoms with Crippen LogP contribution in [0.5, 0.6) is 0 Å². The smallest absolute Gasteiger partial charge is 0.225 e. The van der Waals surface area contributed by atoms with Crippen LogP contribution in [-0.2, 0) is 7.05 Å². The van der Waals surface area contributed by atoms with Crippen LogP contribution >= 0.6 is 0 Å². The lowest BCUT2D eigenvalue weighted by atomic mass is 9.87. The molecule has 6 rings (SSSR count). The van der Waals surface area contributed by atoms with E-state index in [0.29, 0.717) is 5.92 Å². The first-order valence-electron chi connectivity index (χ1n) is 11.3. The Hall–Kier alpha value is -3.65. The molecule has 0 spiro atoms. The first kappa shape index (κ1) is 19.1. The summed E-state index contributed by atoms with van der Waals surface area (Å²) in [5.74, 6) is 0.466. The number of rotatable bonds is 2.